The summed E-state index contributed by atoms with van der Waals surface area (Å²) in [5, 5.41) is 11.5. The van der Waals surface area contributed by atoms with Gasteiger partial charge in [0, 0.05) is 13.2 Å². The van der Waals surface area contributed by atoms with Crippen LogP contribution >= 0.6 is 0 Å². The normalized spacial score (nSPS) is 12.6. The molecule has 0 aliphatic rings. The van der Waals surface area contributed by atoms with Crippen LogP contribution < -0.4 is 5.32 Å². The van der Waals surface area contributed by atoms with Crippen LogP contribution in [0.5, 0.6) is 0 Å². The highest BCUT2D eigenvalue weighted by molar-refractivity contribution is 5.30. The first-order valence-electron chi connectivity index (χ1n) is 6.64. The molecular formula is C14H21N5. The number of aromatic nitrogens is 4. The van der Waals surface area contributed by atoms with Gasteiger partial charge in [0.25, 0.3) is 0 Å². The third-order valence-electron chi connectivity index (χ3n) is 3.17. The summed E-state index contributed by atoms with van der Waals surface area (Å²) in [5.41, 5.74) is 4.45. The molecule has 2 rings (SSSR count). The van der Waals surface area contributed by atoms with Crippen molar-refractivity contribution in [1.82, 2.24) is 25.3 Å². The molecule has 5 nitrogen and oxygen atoms in total. The van der Waals surface area contributed by atoms with Gasteiger partial charge in [-0.05, 0) is 37.9 Å². The molecule has 2 aromatic rings. The van der Waals surface area contributed by atoms with Crippen molar-refractivity contribution in [2.75, 3.05) is 6.54 Å². The van der Waals surface area contributed by atoms with E-state index in [2.05, 4.69) is 47.5 Å². The second-order valence-corrected chi connectivity index (χ2v) is 4.88. The molecule has 0 bridgehead atoms. The van der Waals surface area contributed by atoms with Crippen molar-refractivity contribution in [2.45, 2.75) is 33.2 Å². The Kier molecular flexibility index (Phi) is 4.27. The van der Waals surface area contributed by atoms with E-state index in [1.165, 1.54) is 11.1 Å². The second-order valence-electron chi connectivity index (χ2n) is 4.88. The largest absolute Gasteiger partial charge is 0.304 e. The molecule has 1 N–H and O–H groups in total. The van der Waals surface area contributed by atoms with Crippen LogP contribution in [0, 0.1) is 13.8 Å². The predicted octanol–water partition coefficient (Wildman–Crippen LogP) is 1.92. The van der Waals surface area contributed by atoms with Gasteiger partial charge in [0.1, 0.15) is 0 Å². The van der Waals surface area contributed by atoms with Crippen molar-refractivity contribution in [3.8, 4) is 0 Å². The molecule has 0 aromatic carbocycles. The Morgan fingerprint density at radius 2 is 2.11 bits per heavy atom. The number of hydrogen-bond donors (Lipinski definition) is 1. The van der Waals surface area contributed by atoms with Gasteiger partial charge in [0.2, 0.25) is 0 Å². The molecule has 0 fully saturated rings. The van der Waals surface area contributed by atoms with Crippen molar-refractivity contribution >= 4 is 0 Å². The number of nitrogens with one attached hydrogen (secondary N) is 1. The lowest BCUT2D eigenvalue weighted by molar-refractivity contribution is 0.539. The first kappa shape index (κ1) is 13.7. The van der Waals surface area contributed by atoms with Crippen molar-refractivity contribution in [1.29, 1.82) is 0 Å². The summed E-state index contributed by atoms with van der Waals surface area (Å²) in [5.74, 6) is 0. The molecule has 1 atom stereocenters. The van der Waals surface area contributed by atoms with E-state index in [4.69, 9.17) is 0 Å². The van der Waals surface area contributed by atoms with Crippen LogP contribution in [0.4, 0.5) is 0 Å². The monoisotopic (exact) mass is 259 g/mol. The van der Waals surface area contributed by atoms with E-state index in [-0.39, 0.29) is 6.04 Å². The Hall–Kier alpha value is -1.75. The lowest BCUT2D eigenvalue weighted by Crippen LogP contribution is -2.26. The molecule has 19 heavy (non-hydrogen) atoms. The van der Waals surface area contributed by atoms with Crippen LogP contribution in [0.2, 0.25) is 0 Å². The van der Waals surface area contributed by atoms with E-state index in [0.29, 0.717) is 0 Å². The standard InChI is InChI=1S/C14H21N5/c1-5-6-15-14(12-9-17-18-19(12)4)13-11(3)7-10(2)8-16-13/h7-9,14-15H,5-6H2,1-4H3. The smallest absolute Gasteiger partial charge is 0.0940 e. The molecule has 1 unspecified atom stereocenters. The van der Waals surface area contributed by atoms with E-state index in [1.807, 2.05) is 13.2 Å². The van der Waals surface area contributed by atoms with Gasteiger partial charge in [0.05, 0.1) is 23.6 Å². The molecule has 102 valence electrons. The molecule has 0 spiro atoms. The van der Waals surface area contributed by atoms with Crippen molar-refractivity contribution in [3.05, 3.63) is 41.0 Å². The fraction of sp³-hybridized carbons (Fsp3) is 0.500. The zero-order valence-electron chi connectivity index (χ0n) is 12.0. The molecule has 0 amide bonds. The first-order valence-corrected chi connectivity index (χ1v) is 6.64. The van der Waals surface area contributed by atoms with Gasteiger partial charge < -0.3 is 5.32 Å². The Balaban J connectivity index is 2.40. The Morgan fingerprint density at radius 1 is 1.32 bits per heavy atom. The lowest BCUT2D eigenvalue weighted by atomic mass is 10.0. The highest BCUT2D eigenvalue weighted by atomic mass is 15.4. The SMILES string of the molecule is CCCNC(c1ncc(C)cc1C)c1cnnn1C. The van der Waals surface area contributed by atoms with Gasteiger partial charge in [-0.2, -0.15) is 0 Å². The minimum absolute atomic E-state index is 0.0422. The van der Waals surface area contributed by atoms with E-state index in [1.54, 1.807) is 10.9 Å². The molecule has 2 aromatic heterocycles. The number of hydrogen-bond acceptors (Lipinski definition) is 4. The molecule has 2 heterocycles. The van der Waals surface area contributed by atoms with Gasteiger partial charge in [-0.15, -0.1) is 5.10 Å². The summed E-state index contributed by atoms with van der Waals surface area (Å²) in [6.07, 6.45) is 4.79. The first-order chi connectivity index (χ1) is 9.13. The van der Waals surface area contributed by atoms with Crippen molar-refractivity contribution < 1.29 is 0 Å². The molecule has 0 saturated heterocycles. The highest BCUT2D eigenvalue weighted by Gasteiger charge is 2.20. The molecule has 0 radical (unpaired) electrons. The van der Waals surface area contributed by atoms with E-state index >= 15 is 0 Å². The minimum atomic E-state index is 0.0422. The lowest BCUT2D eigenvalue weighted by Gasteiger charge is -2.19. The third kappa shape index (κ3) is 2.98. The van der Waals surface area contributed by atoms with Crippen LogP contribution in [-0.2, 0) is 7.05 Å². The highest BCUT2D eigenvalue weighted by Crippen LogP contribution is 2.22. The van der Waals surface area contributed by atoms with Gasteiger partial charge in [0.15, 0.2) is 0 Å². The molecular weight excluding hydrogens is 238 g/mol. The van der Waals surface area contributed by atoms with Crippen molar-refractivity contribution in [2.24, 2.45) is 7.05 Å². The zero-order chi connectivity index (χ0) is 13.8. The van der Waals surface area contributed by atoms with E-state index in [9.17, 15) is 0 Å². The molecule has 0 aliphatic heterocycles. The summed E-state index contributed by atoms with van der Waals surface area (Å²) >= 11 is 0. The van der Waals surface area contributed by atoms with Crippen LogP contribution in [0.1, 0.15) is 41.9 Å². The van der Waals surface area contributed by atoms with Gasteiger partial charge >= 0.3 is 0 Å². The predicted molar refractivity (Wildman–Crippen MR) is 74.9 cm³/mol. The fourth-order valence-electron chi connectivity index (χ4n) is 2.22. The summed E-state index contributed by atoms with van der Waals surface area (Å²) < 4.78 is 1.80. The van der Waals surface area contributed by atoms with Gasteiger partial charge in [-0.25, -0.2) is 0 Å². The average molecular weight is 259 g/mol. The number of aryl methyl sites for hydroxylation is 3. The van der Waals surface area contributed by atoms with E-state index in [0.717, 1.165) is 24.4 Å². The maximum absolute atomic E-state index is 4.60. The van der Waals surface area contributed by atoms with Crippen LogP contribution in [-0.4, -0.2) is 26.5 Å². The molecule has 0 aliphatic carbocycles. The average Bonchev–Trinajstić information content (AvgIpc) is 2.78. The number of nitrogens with zero attached hydrogens (tertiary/aromatic N) is 4. The number of pyridine rings is 1. The topological polar surface area (TPSA) is 55.6 Å². The van der Waals surface area contributed by atoms with Gasteiger partial charge in [-0.1, -0.05) is 18.2 Å². The minimum Gasteiger partial charge on any atom is -0.304 e. The van der Waals surface area contributed by atoms with E-state index < -0.39 is 0 Å². The van der Waals surface area contributed by atoms with Crippen LogP contribution in [0.15, 0.2) is 18.5 Å². The molecule has 0 saturated carbocycles. The zero-order valence-corrected chi connectivity index (χ0v) is 12.0. The Bertz CT molecular complexity index is 547. The Morgan fingerprint density at radius 3 is 2.68 bits per heavy atom. The van der Waals surface area contributed by atoms with Crippen LogP contribution in [0.25, 0.3) is 0 Å². The fourth-order valence-corrected chi connectivity index (χ4v) is 2.22. The van der Waals surface area contributed by atoms with Crippen LogP contribution in [0.3, 0.4) is 0 Å². The summed E-state index contributed by atoms with van der Waals surface area (Å²) in [6.45, 7) is 7.25. The summed E-state index contributed by atoms with van der Waals surface area (Å²) in [4.78, 5) is 4.60. The maximum atomic E-state index is 4.60. The summed E-state index contributed by atoms with van der Waals surface area (Å²) in [6, 6.07) is 2.20. The second kappa shape index (κ2) is 5.93. The summed E-state index contributed by atoms with van der Waals surface area (Å²) in [7, 11) is 1.91. The molecule has 5 heteroatoms. The maximum Gasteiger partial charge on any atom is 0.0940 e. The quantitative estimate of drug-likeness (QED) is 0.891. The Labute approximate surface area is 114 Å². The van der Waals surface area contributed by atoms with Gasteiger partial charge in [-0.3, -0.25) is 9.67 Å². The third-order valence-corrected chi connectivity index (χ3v) is 3.17. The number of rotatable bonds is 5. The van der Waals surface area contributed by atoms with Crippen molar-refractivity contribution in [3.63, 3.8) is 0 Å².